The fourth-order valence-corrected chi connectivity index (χ4v) is 8.11. The van der Waals surface area contributed by atoms with Gasteiger partial charge in [0.2, 0.25) is 11.8 Å². The summed E-state index contributed by atoms with van der Waals surface area (Å²) in [6, 6.07) is 27.4. The Hall–Kier alpha value is -5.29. The lowest BCUT2D eigenvalue weighted by Crippen LogP contribution is -2.75. The molecule has 0 radical (unpaired) electrons. The van der Waals surface area contributed by atoms with Gasteiger partial charge in [0.25, 0.3) is 0 Å². The lowest BCUT2D eigenvalue weighted by molar-refractivity contribution is -0.188. The molecule has 0 spiro atoms. The molecule has 2 unspecified atom stereocenters. The van der Waals surface area contributed by atoms with Gasteiger partial charge in [0.15, 0.2) is 0 Å². The Morgan fingerprint density at radius 2 is 1.57 bits per heavy atom. The third-order valence-corrected chi connectivity index (χ3v) is 11.0. The molecule has 2 aliphatic rings. The smallest absolute Gasteiger partial charge is 0.334 e. The number of ether oxygens (including phenoxy) is 1. The highest BCUT2D eigenvalue weighted by Crippen LogP contribution is 2.33. The minimum atomic E-state index is -0.818. The minimum absolute atomic E-state index is 0.0319. The number of esters is 1. The van der Waals surface area contributed by atoms with Crippen molar-refractivity contribution in [3.8, 4) is 5.75 Å². The molecule has 0 saturated carbocycles. The number of aromatic nitrogens is 1. The predicted molar refractivity (Wildman–Crippen MR) is 217 cm³/mol. The number of hydrogen-bond acceptors (Lipinski definition) is 7. The van der Waals surface area contributed by atoms with Gasteiger partial charge in [0.1, 0.15) is 18.0 Å². The summed E-state index contributed by atoms with van der Waals surface area (Å²) in [5.74, 6) is -0.217. The molecule has 2 aliphatic heterocycles. The van der Waals surface area contributed by atoms with Gasteiger partial charge in [-0.1, -0.05) is 131 Å². The first-order chi connectivity index (χ1) is 27.3. The van der Waals surface area contributed by atoms with Gasteiger partial charge in [-0.05, 0) is 48.1 Å². The number of unbranched alkanes of at least 4 members (excludes halogenated alkanes) is 6. The van der Waals surface area contributed by atoms with Crippen molar-refractivity contribution in [3.05, 3.63) is 108 Å². The second-order valence-corrected chi connectivity index (χ2v) is 15.2. The number of benzene rings is 3. The maximum atomic E-state index is 14.8. The second-order valence-electron chi connectivity index (χ2n) is 15.2. The van der Waals surface area contributed by atoms with E-state index >= 15 is 0 Å². The molecule has 3 heterocycles. The molecule has 3 atom stereocenters. The molecule has 11 heteroatoms. The zero-order valence-corrected chi connectivity index (χ0v) is 32.9. The summed E-state index contributed by atoms with van der Waals surface area (Å²) in [6.45, 7) is 2.90. The van der Waals surface area contributed by atoms with Crippen molar-refractivity contribution >= 4 is 34.7 Å². The molecule has 296 valence electrons. The average molecular weight is 761 g/mol. The number of rotatable bonds is 18. The van der Waals surface area contributed by atoms with E-state index in [1.807, 2.05) is 78.9 Å². The number of hydrazine groups is 1. The largest absolute Gasteiger partial charge is 0.427 e. The summed E-state index contributed by atoms with van der Waals surface area (Å²) in [6.07, 6.45) is 11.0. The second kappa shape index (κ2) is 20.0. The van der Waals surface area contributed by atoms with Gasteiger partial charge >= 0.3 is 12.0 Å². The van der Waals surface area contributed by atoms with E-state index in [4.69, 9.17) is 4.74 Å². The fraction of sp³-hybridized carbons (Fsp3) is 0.444. The summed E-state index contributed by atoms with van der Waals surface area (Å²) >= 11 is 0. The van der Waals surface area contributed by atoms with Crippen LogP contribution in [0.15, 0.2) is 97.2 Å². The Bertz CT molecular complexity index is 1900. The van der Waals surface area contributed by atoms with Crippen molar-refractivity contribution in [3.63, 3.8) is 0 Å². The maximum absolute atomic E-state index is 14.8. The normalized spacial score (nSPS) is 17.9. The molecular formula is C45H56N6O5. The van der Waals surface area contributed by atoms with Crippen LogP contribution in [-0.4, -0.2) is 81.0 Å². The number of carbonyl (C=O) groups is 4. The van der Waals surface area contributed by atoms with Crippen LogP contribution in [0.5, 0.6) is 5.75 Å². The van der Waals surface area contributed by atoms with Gasteiger partial charge in [-0.25, -0.2) is 14.8 Å². The molecular weight excluding hydrogens is 705 g/mol. The van der Waals surface area contributed by atoms with Crippen molar-refractivity contribution in [2.75, 3.05) is 20.1 Å². The Labute approximate surface area is 331 Å². The Kier molecular flexibility index (Phi) is 14.5. The summed E-state index contributed by atoms with van der Waals surface area (Å²) < 4.78 is 5.64. The summed E-state index contributed by atoms with van der Waals surface area (Å²) in [5, 5.41) is 7.28. The van der Waals surface area contributed by atoms with Crippen molar-refractivity contribution in [1.82, 2.24) is 30.1 Å². The van der Waals surface area contributed by atoms with Gasteiger partial charge in [0, 0.05) is 38.1 Å². The quantitative estimate of drug-likeness (QED) is 0.0628. The van der Waals surface area contributed by atoms with Gasteiger partial charge in [-0.15, -0.1) is 0 Å². The first-order valence-corrected chi connectivity index (χ1v) is 20.3. The first kappa shape index (κ1) is 40.4. The maximum Gasteiger partial charge on any atom is 0.334 e. The number of nitrogens with one attached hydrogen (secondary N) is 1. The number of urea groups is 1. The average Bonchev–Trinajstić information content (AvgIpc) is 3.21. The molecule has 6 rings (SSSR count). The SMILES string of the molecule is CCCCCCCCCC(CCC(=O)Oc1ccccc1)C[C@H]1C(=O)N(Cc2cccc3cccnc23)CC2N1C(=O)CN(C)N2C(=O)NCc1ccccc1. The lowest BCUT2D eigenvalue weighted by Gasteiger charge is -2.54. The molecule has 4 amide bonds. The molecule has 56 heavy (non-hydrogen) atoms. The van der Waals surface area contributed by atoms with Crippen LogP contribution < -0.4 is 10.1 Å². The first-order valence-electron chi connectivity index (χ1n) is 20.3. The Balaban J connectivity index is 1.27. The van der Waals surface area contributed by atoms with E-state index < -0.39 is 12.2 Å². The highest BCUT2D eigenvalue weighted by molar-refractivity contribution is 5.92. The summed E-state index contributed by atoms with van der Waals surface area (Å²) in [7, 11) is 1.74. The van der Waals surface area contributed by atoms with Gasteiger partial charge in [-0.2, -0.15) is 0 Å². The Morgan fingerprint density at radius 1 is 0.857 bits per heavy atom. The number of amides is 4. The number of nitrogens with zero attached hydrogens (tertiary/aromatic N) is 5. The molecule has 2 saturated heterocycles. The third-order valence-electron chi connectivity index (χ3n) is 11.0. The number of hydrogen-bond donors (Lipinski definition) is 1. The highest BCUT2D eigenvalue weighted by Gasteiger charge is 2.51. The van der Waals surface area contributed by atoms with Gasteiger partial charge in [0.05, 0.1) is 18.6 Å². The van der Waals surface area contributed by atoms with E-state index in [9.17, 15) is 19.2 Å². The number of pyridine rings is 1. The molecule has 0 aliphatic carbocycles. The van der Waals surface area contributed by atoms with Crippen LogP contribution in [0.4, 0.5) is 4.79 Å². The molecule has 1 N–H and O–H groups in total. The van der Waals surface area contributed by atoms with Crippen LogP contribution in [-0.2, 0) is 27.5 Å². The van der Waals surface area contributed by atoms with Gasteiger partial charge < -0.3 is 19.9 Å². The van der Waals surface area contributed by atoms with Crippen LogP contribution >= 0.6 is 0 Å². The standard InChI is InChI=1S/C45H56N6O5/c1-3-4-5-6-7-8-11-18-34(26-27-42(53)56-38-24-14-10-15-25-38)29-39-44(54)49(31-37-22-16-21-36-23-17-28-46-43(36)37)32-40-50(39)41(52)33-48(2)51(40)45(55)47-30-35-19-12-9-13-20-35/h9-10,12-17,19-25,28,34,39-40H,3-8,11,18,26-27,29-33H2,1-2H3,(H,47,55)/t34?,39-,40?/m0/s1. The van der Waals surface area contributed by atoms with E-state index in [-0.39, 0.29) is 55.8 Å². The molecule has 1 aromatic heterocycles. The molecule has 11 nitrogen and oxygen atoms in total. The van der Waals surface area contributed by atoms with E-state index in [1.165, 1.54) is 25.7 Å². The molecule has 0 bridgehead atoms. The number of piperazine rings is 1. The fourth-order valence-electron chi connectivity index (χ4n) is 8.11. The summed E-state index contributed by atoms with van der Waals surface area (Å²) in [4.78, 5) is 64.1. The molecule has 3 aromatic carbocycles. The lowest BCUT2D eigenvalue weighted by atomic mass is 9.87. The topological polar surface area (TPSA) is 115 Å². The van der Waals surface area contributed by atoms with Crippen LogP contribution in [0.3, 0.4) is 0 Å². The van der Waals surface area contributed by atoms with Crippen LogP contribution in [0, 0.1) is 5.92 Å². The van der Waals surface area contributed by atoms with E-state index in [0.29, 0.717) is 25.1 Å². The van der Waals surface area contributed by atoms with Gasteiger partial charge in [-0.3, -0.25) is 19.4 Å². The van der Waals surface area contributed by atoms with Crippen molar-refractivity contribution in [2.24, 2.45) is 5.92 Å². The van der Waals surface area contributed by atoms with Crippen molar-refractivity contribution in [1.29, 1.82) is 0 Å². The predicted octanol–water partition coefficient (Wildman–Crippen LogP) is 7.71. The molecule has 2 fully saturated rings. The third kappa shape index (κ3) is 10.5. The van der Waals surface area contributed by atoms with E-state index in [1.54, 1.807) is 45.2 Å². The zero-order chi connectivity index (χ0) is 39.3. The van der Waals surface area contributed by atoms with Crippen LogP contribution in [0.25, 0.3) is 10.9 Å². The summed E-state index contributed by atoms with van der Waals surface area (Å²) in [5.41, 5.74) is 2.65. The van der Waals surface area contributed by atoms with E-state index in [0.717, 1.165) is 47.7 Å². The highest BCUT2D eigenvalue weighted by atomic mass is 16.5. The van der Waals surface area contributed by atoms with Crippen molar-refractivity contribution in [2.45, 2.75) is 103 Å². The zero-order valence-electron chi connectivity index (χ0n) is 32.9. The number of carbonyl (C=O) groups excluding carboxylic acids is 4. The van der Waals surface area contributed by atoms with E-state index in [2.05, 4.69) is 17.2 Å². The number of para-hydroxylation sites is 2. The minimum Gasteiger partial charge on any atom is -0.427 e. The number of likely N-dealkylation sites (N-methyl/N-ethyl adjacent to an activating group) is 1. The molecule has 4 aromatic rings. The van der Waals surface area contributed by atoms with Crippen LogP contribution in [0.1, 0.15) is 88.7 Å². The monoisotopic (exact) mass is 760 g/mol. The van der Waals surface area contributed by atoms with Crippen molar-refractivity contribution < 1.29 is 23.9 Å². The Morgan fingerprint density at radius 3 is 2.34 bits per heavy atom. The van der Waals surface area contributed by atoms with Crippen LogP contribution in [0.2, 0.25) is 0 Å². The number of fused-ring (bicyclic) bond motifs is 2.